The summed E-state index contributed by atoms with van der Waals surface area (Å²) >= 11 is 5.84. The summed E-state index contributed by atoms with van der Waals surface area (Å²) in [6.07, 6.45) is 0.598. The number of nitrogens with two attached hydrogens (primary N) is 1. The van der Waals surface area contributed by atoms with Gasteiger partial charge in [-0.05, 0) is 24.6 Å². The fourth-order valence-corrected chi connectivity index (χ4v) is 2.29. The van der Waals surface area contributed by atoms with E-state index in [0.29, 0.717) is 22.8 Å². The van der Waals surface area contributed by atoms with Gasteiger partial charge in [-0.1, -0.05) is 18.5 Å². The van der Waals surface area contributed by atoms with Crippen LogP contribution in [-0.2, 0) is 9.59 Å². The van der Waals surface area contributed by atoms with E-state index in [4.69, 9.17) is 17.3 Å². The fraction of sp³-hybridized carbons (Fsp3) is 0.333. The van der Waals surface area contributed by atoms with Crippen LogP contribution in [0.5, 0.6) is 0 Å². The average Bonchev–Trinajstić information content (AvgIpc) is 2.28. The van der Waals surface area contributed by atoms with Gasteiger partial charge >= 0.3 is 0 Å². The van der Waals surface area contributed by atoms with Crippen molar-refractivity contribution in [1.82, 2.24) is 5.32 Å². The molecule has 1 aliphatic heterocycles. The molecule has 1 saturated heterocycles. The Hall–Kier alpha value is -1.75. The normalized spacial score (nSPS) is 19.9. The summed E-state index contributed by atoms with van der Waals surface area (Å²) in [6, 6.07) is 4.65. The molecule has 1 unspecified atom stereocenters. The molecule has 0 radical (unpaired) electrons. The van der Waals surface area contributed by atoms with Crippen LogP contribution in [0.4, 0.5) is 11.4 Å². The summed E-state index contributed by atoms with van der Waals surface area (Å²) in [7, 11) is 0. The second-order valence-corrected chi connectivity index (χ2v) is 4.60. The highest BCUT2D eigenvalue weighted by molar-refractivity contribution is 6.31. The Balaban J connectivity index is 2.39. The minimum atomic E-state index is -0.383. The molecule has 0 aromatic heterocycles. The summed E-state index contributed by atoms with van der Waals surface area (Å²) in [5.41, 5.74) is 7.01. The van der Waals surface area contributed by atoms with Crippen molar-refractivity contribution in [1.29, 1.82) is 0 Å². The van der Waals surface area contributed by atoms with Gasteiger partial charge in [-0.3, -0.25) is 14.9 Å². The molecule has 0 aliphatic carbocycles. The number of imide groups is 1. The maximum Gasteiger partial charge on any atom is 0.249 e. The van der Waals surface area contributed by atoms with E-state index < -0.39 is 0 Å². The van der Waals surface area contributed by atoms with Gasteiger partial charge in [-0.2, -0.15) is 0 Å². The first-order chi connectivity index (χ1) is 8.52. The van der Waals surface area contributed by atoms with E-state index in [1.807, 2.05) is 6.92 Å². The highest BCUT2D eigenvalue weighted by Gasteiger charge is 2.33. The number of nitrogens with zero attached hydrogens (tertiary/aromatic N) is 1. The molecule has 5 nitrogen and oxygen atoms in total. The van der Waals surface area contributed by atoms with Crippen molar-refractivity contribution in [2.24, 2.45) is 0 Å². The quantitative estimate of drug-likeness (QED) is 0.623. The Morgan fingerprint density at radius 2 is 2.22 bits per heavy atom. The topological polar surface area (TPSA) is 75.4 Å². The molecular weight excluding hydrogens is 254 g/mol. The first-order valence-corrected chi connectivity index (χ1v) is 6.06. The third kappa shape index (κ3) is 2.26. The third-order valence-electron chi connectivity index (χ3n) is 2.94. The zero-order valence-corrected chi connectivity index (χ0v) is 10.7. The largest absolute Gasteiger partial charge is 0.397 e. The number of carbonyl (C=O) groups is 2. The number of benzene rings is 1. The van der Waals surface area contributed by atoms with Crippen LogP contribution in [0.2, 0.25) is 5.02 Å². The predicted molar refractivity (Wildman–Crippen MR) is 70.4 cm³/mol. The van der Waals surface area contributed by atoms with Crippen LogP contribution >= 0.6 is 11.6 Å². The number of rotatable bonds is 2. The third-order valence-corrected chi connectivity index (χ3v) is 3.18. The smallest absolute Gasteiger partial charge is 0.249 e. The lowest BCUT2D eigenvalue weighted by atomic mass is 10.1. The maximum atomic E-state index is 11.8. The molecule has 0 bridgehead atoms. The molecule has 6 heteroatoms. The molecule has 1 fully saturated rings. The van der Waals surface area contributed by atoms with E-state index in [0.717, 1.165) is 0 Å². The molecule has 1 atom stereocenters. The maximum absolute atomic E-state index is 11.8. The molecule has 0 saturated carbocycles. The second-order valence-electron chi connectivity index (χ2n) is 4.17. The van der Waals surface area contributed by atoms with Gasteiger partial charge in [0.25, 0.3) is 0 Å². The van der Waals surface area contributed by atoms with Gasteiger partial charge in [0.1, 0.15) is 6.04 Å². The molecule has 1 heterocycles. The van der Waals surface area contributed by atoms with Crippen molar-refractivity contribution >= 4 is 34.8 Å². The lowest BCUT2D eigenvalue weighted by molar-refractivity contribution is -0.132. The number of hydrogen-bond acceptors (Lipinski definition) is 4. The lowest BCUT2D eigenvalue weighted by Gasteiger charge is -2.35. The summed E-state index contributed by atoms with van der Waals surface area (Å²) in [5, 5.41) is 2.85. The van der Waals surface area contributed by atoms with Gasteiger partial charge in [0.15, 0.2) is 0 Å². The number of piperazine rings is 1. The van der Waals surface area contributed by atoms with Crippen LogP contribution in [0.15, 0.2) is 18.2 Å². The standard InChI is InChI=1S/C12H14ClN3O2/c1-2-9-12(18)15-11(17)6-16(9)10-4-3-7(13)5-8(10)14/h3-5,9H,2,6,14H2,1H3,(H,15,17,18). The van der Waals surface area contributed by atoms with Gasteiger partial charge in [0.05, 0.1) is 17.9 Å². The first-order valence-electron chi connectivity index (χ1n) is 5.68. The zero-order valence-electron chi connectivity index (χ0n) is 9.94. The average molecular weight is 268 g/mol. The molecule has 1 aliphatic rings. The van der Waals surface area contributed by atoms with Crippen LogP contribution < -0.4 is 16.0 Å². The van der Waals surface area contributed by atoms with Crippen LogP contribution in [0.3, 0.4) is 0 Å². The van der Waals surface area contributed by atoms with Crippen molar-refractivity contribution in [3.63, 3.8) is 0 Å². The second kappa shape index (κ2) is 4.86. The Morgan fingerprint density at radius 1 is 1.50 bits per heavy atom. The number of nitrogen functional groups attached to an aromatic ring is 1. The number of halogens is 1. The van der Waals surface area contributed by atoms with E-state index in [2.05, 4.69) is 5.32 Å². The van der Waals surface area contributed by atoms with Crippen LogP contribution in [-0.4, -0.2) is 24.4 Å². The van der Waals surface area contributed by atoms with Gasteiger partial charge in [-0.25, -0.2) is 0 Å². The van der Waals surface area contributed by atoms with Crippen molar-refractivity contribution < 1.29 is 9.59 Å². The van der Waals surface area contributed by atoms with E-state index in [9.17, 15) is 9.59 Å². The van der Waals surface area contributed by atoms with Crippen molar-refractivity contribution in [2.75, 3.05) is 17.2 Å². The zero-order chi connectivity index (χ0) is 13.3. The molecule has 18 heavy (non-hydrogen) atoms. The molecule has 0 spiro atoms. The van der Waals surface area contributed by atoms with Gasteiger partial charge < -0.3 is 10.6 Å². The van der Waals surface area contributed by atoms with Gasteiger partial charge in [0.2, 0.25) is 11.8 Å². The number of carbonyl (C=O) groups excluding carboxylic acids is 2. The summed E-state index contributed by atoms with van der Waals surface area (Å²) < 4.78 is 0. The fourth-order valence-electron chi connectivity index (χ4n) is 2.11. The van der Waals surface area contributed by atoms with E-state index in [-0.39, 0.29) is 24.4 Å². The number of nitrogens with one attached hydrogen (secondary N) is 1. The lowest BCUT2D eigenvalue weighted by Crippen LogP contribution is -2.58. The highest BCUT2D eigenvalue weighted by Crippen LogP contribution is 2.29. The first kappa shape index (κ1) is 12.7. The summed E-state index contributed by atoms with van der Waals surface area (Å²) in [5.74, 6) is -0.609. The Kier molecular flexibility index (Phi) is 3.43. The van der Waals surface area contributed by atoms with Crippen LogP contribution in [0, 0.1) is 0 Å². The summed E-state index contributed by atoms with van der Waals surface area (Å²) in [4.78, 5) is 24.9. The minimum Gasteiger partial charge on any atom is -0.397 e. The SMILES string of the molecule is CCC1C(=O)NC(=O)CN1c1ccc(Cl)cc1N. The monoisotopic (exact) mass is 267 g/mol. The van der Waals surface area contributed by atoms with Crippen molar-refractivity contribution in [2.45, 2.75) is 19.4 Å². The molecule has 1 aromatic carbocycles. The number of anilines is 2. The predicted octanol–water partition coefficient (Wildman–Crippen LogP) is 1.16. The number of hydrogen-bond donors (Lipinski definition) is 2. The minimum absolute atomic E-state index is 0.121. The number of amides is 2. The molecule has 2 rings (SSSR count). The van der Waals surface area contributed by atoms with Crippen LogP contribution in [0.25, 0.3) is 0 Å². The van der Waals surface area contributed by atoms with Gasteiger partial charge in [0, 0.05) is 5.02 Å². The molecular formula is C12H14ClN3O2. The molecule has 1 aromatic rings. The molecule has 96 valence electrons. The van der Waals surface area contributed by atoms with Gasteiger partial charge in [-0.15, -0.1) is 0 Å². The van der Waals surface area contributed by atoms with Crippen LogP contribution in [0.1, 0.15) is 13.3 Å². The van der Waals surface area contributed by atoms with Crippen molar-refractivity contribution in [3.8, 4) is 0 Å². The Labute approximate surface area is 110 Å². The van der Waals surface area contributed by atoms with E-state index in [1.165, 1.54) is 0 Å². The van der Waals surface area contributed by atoms with E-state index in [1.54, 1.807) is 23.1 Å². The Bertz CT molecular complexity index is 504. The Morgan fingerprint density at radius 3 is 2.83 bits per heavy atom. The highest BCUT2D eigenvalue weighted by atomic mass is 35.5. The van der Waals surface area contributed by atoms with E-state index >= 15 is 0 Å². The molecule has 3 N–H and O–H groups in total. The van der Waals surface area contributed by atoms with Crippen molar-refractivity contribution in [3.05, 3.63) is 23.2 Å². The molecule has 2 amide bonds. The summed E-state index contributed by atoms with van der Waals surface area (Å²) in [6.45, 7) is 2.01.